The molecule has 0 spiro atoms. The molecule has 3 heteroatoms. The second kappa shape index (κ2) is 8.95. The minimum absolute atomic E-state index is 0.0219. The van der Waals surface area contributed by atoms with Gasteiger partial charge in [0.1, 0.15) is 0 Å². The first-order valence-corrected chi connectivity index (χ1v) is 12.7. The molecule has 7 unspecified atom stereocenters. The molecule has 4 aliphatic carbocycles. The van der Waals surface area contributed by atoms with Crippen LogP contribution in [0.5, 0.6) is 0 Å². The van der Waals surface area contributed by atoms with E-state index in [1.807, 2.05) is 6.08 Å². The Kier molecular flexibility index (Phi) is 6.53. The van der Waals surface area contributed by atoms with Gasteiger partial charge in [0.05, 0.1) is 6.10 Å². The summed E-state index contributed by atoms with van der Waals surface area (Å²) in [4.78, 5) is 14.4. The summed E-state index contributed by atoms with van der Waals surface area (Å²) >= 11 is 0. The molecule has 0 radical (unpaired) electrons. The average Bonchev–Trinajstić information content (AvgIpc) is 3.08. The zero-order valence-corrected chi connectivity index (χ0v) is 21.1. The topological polar surface area (TPSA) is 40.5 Å². The van der Waals surface area contributed by atoms with E-state index in [2.05, 4.69) is 69.5 Å². The van der Waals surface area contributed by atoms with Gasteiger partial charge in [-0.15, -0.1) is 12.3 Å². The van der Waals surface area contributed by atoms with Crippen molar-refractivity contribution >= 4 is 11.5 Å². The molecule has 1 N–H and O–H groups in total. The van der Waals surface area contributed by atoms with Gasteiger partial charge in [0.2, 0.25) is 0 Å². The Labute approximate surface area is 200 Å². The third-order valence-corrected chi connectivity index (χ3v) is 9.71. The van der Waals surface area contributed by atoms with Gasteiger partial charge in [-0.25, -0.2) is 0 Å². The first-order valence-electron chi connectivity index (χ1n) is 12.7. The summed E-state index contributed by atoms with van der Waals surface area (Å²) < 4.78 is 0. The Morgan fingerprint density at radius 2 is 1.76 bits per heavy atom. The van der Waals surface area contributed by atoms with E-state index in [1.54, 1.807) is 6.92 Å². The van der Waals surface area contributed by atoms with Crippen LogP contribution in [0.2, 0.25) is 0 Å². The zero-order chi connectivity index (χ0) is 24.0. The monoisotopic (exact) mass is 447 g/mol. The summed E-state index contributed by atoms with van der Waals surface area (Å²) in [7, 11) is 4.18. The second-order valence-corrected chi connectivity index (χ2v) is 11.6. The third kappa shape index (κ3) is 3.95. The Balaban J connectivity index is 0.000000821. The van der Waals surface area contributed by atoms with Gasteiger partial charge in [-0.05, 0) is 104 Å². The molecule has 7 atom stereocenters. The highest BCUT2D eigenvalue weighted by atomic mass is 16.3. The lowest BCUT2D eigenvalue weighted by atomic mass is 9.44. The van der Waals surface area contributed by atoms with Crippen molar-refractivity contribution in [3.05, 3.63) is 41.5 Å². The van der Waals surface area contributed by atoms with Crippen LogP contribution in [0.1, 0.15) is 77.2 Å². The smallest absolute Gasteiger partial charge is 0.155 e. The number of rotatable bonds is 2. The molecule has 1 aromatic rings. The van der Waals surface area contributed by atoms with E-state index in [1.165, 1.54) is 29.7 Å². The van der Waals surface area contributed by atoms with Crippen molar-refractivity contribution in [1.29, 1.82) is 0 Å². The number of anilines is 1. The highest BCUT2D eigenvalue weighted by Gasteiger charge is 2.62. The number of aliphatic hydroxyl groups is 1. The fourth-order valence-corrected chi connectivity index (χ4v) is 8.06. The van der Waals surface area contributed by atoms with Crippen molar-refractivity contribution in [2.45, 2.75) is 77.7 Å². The van der Waals surface area contributed by atoms with Gasteiger partial charge in [-0.3, -0.25) is 4.79 Å². The van der Waals surface area contributed by atoms with Crippen LogP contribution in [0.25, 0.3) is 0 Å². The second-order valence-electron chi connectivity index (χ2n) is 11.6. The van der Waals surface area contributed by atoms with E-state index < -0.39 is 0 Å². The molecule has 4 aliphatic rings. The maximum atomic E-state index is 12.2. The first kappa shape index (κ1) is 24.1. The number of allylic oxidation sites excluding steroid dienone is 1. The van der Waals surface area contributed by atoms with Crippen LogP contribution >= 0.6 is 0 Å². The molecule has 1 aromatic carbocycles. The highest BCUT2D eigenvalue weighted by molar-refractivity contribution is 5.91. The SMILES string of the molecule is C#CC.CN(C)c1ccc(C2CC3(C)C(O)CCC3C3CCC4=CC(=O)CCC4(C)C23)cc1. The number of hydrogen-bond donors (Lipinski definition) is 1. The van der Waals surface area contributed by atoms with E-state index in [0.29, 0.717) is 35.9 Å². The Bertz CT molecular complexity index is 955. The fourth-order valence-electron chi connectivity index (χ4n) is 8.06. The number of carbonyl (C=O) groups is 1. The summed E-state index contributed by atoms with van der Waals surface area (Å²) in [5, 5.41) is 11.0. The van der Waals surface area contributed by atoms with Gasteiger partial charge in [0.25, 0.3) is 0 Å². The third-order valence-electron chi connectivity index (χ3n) is 9.71. The van der Waals surface area contributed by atoms with Gasteiger partial charge in [0.15, 0.2) is 5.78 Å². The van der Waals surface area contributed by atoms with Crippen molar-refractivity contribution < 1.29 is 9.90 Å². The Morgan fingerprint density at radius 3 is 2.39 bits per heavy atom. The maximum absolute atomic E-state index is 12.2. The highest BCUT2D eigenvalue weighted by Crippen LogP contribution is 2.68. The maximum Gasteiger partial charge on any atom is 0.155 e. The Hall–Kier alpha value is -2.05. The molecule has 3 fully saturated rings. The van der Waals surface area contributed by atoms with Gasteiger partial charge in [-0.2, -0.15) is 0 Å². The Morgan fingerprint density at radius 1 is 1.09 bits per heavy atom. The largest absolute Gasteiger partial charge is 0.393 e. The molecule has 3 saturated carbocycles. The molecular weight excluding hydrogens is 406 g/mol. The molecule has 0 bridgehead atoms. The van der Waals surface area contributed by atoms with Crippen molar-refractivity contribution in [3.8, 4) is 12.3 Å². The van der Waals surface area contributed by atoms with Crippen LogP contribution in [0, 0.1) is 40.9 Å². The molecule has 0 amide bonds. The molecule has 0 saturated heterocycles. The fraction of sp³-hybridized carbons (Fsp3) is 0.633. The van der Waals surface area contributed by atoms with Crippen LogP contribution < -0.4 is 4.90 Å². The van der Waals surface area contributed by atoms with Crippen molar-refractivity contribution in [2.24, 2.45) is 28.6 Å². The molecule has 0 aromatic heterocycles. The minimum atomic E-state index is -0.176. The van der Waals surface area contributed by atoms with Crippen LogP contribution in [0.3, 0.4) is 0 Å². The van der Waals surface area contributed by atoms with Crippen LogP contribution in [0.15, 0.2) is 35.9 Å². The van der Waals surface area contributed by atoms with Crippen molar-refractivity contribution in [1.82, 2.24) is 0 Å². The number of ketones is 1. The number of fused-ring (bicyclic) bond motifs is 5. The van der Waals surface area contributed by atoms with Gasteiger partial charge < -0.3 is 10.0 Å². The number of aliphatic hydroxyl groups excluding tert-OH is 1. The average molecular weight is 448 g/mol. The van der Waals surface area contributed by atoms with Crippen molar-refractivity contribution in [2.75, 3.05) is 19.0 Å². The van der Waals surface area contributed by atoms with Gasteiger partial charge in [-0.1, -0.05) is 31.6 Å². The molecular formula is C30H41NO2. The molecule has 178 valence electrons. The lowest BCUT2D eigenvalue weighted by Crippen LogP contribution is -2.54. The molecule has 3 nitrogen and oxygen atoms in total. The number of carbonyl (C=O) groups excluding carboxylic acids is 1. The number of nitrogens with zero attached hydrogens (tertiary/aromatic N) is 1. The van der Waals surface area contributed by atoms with Crippen molar-refractivity contribution in [3.63, 3.8) is 0 Å². The molecule has 5 rings (SSSR count). The first-order chi connectivity index (χ1) is 15.7. The number of terminal acetylenes is 1. The van der Waals surface area contributed by atoms with Crippen LogP contribution in [-0.4, -0.2) is 31.1 Å². The quantitative estimate of drug-likeness (QED) is 0.567. The zero-order valence-electron chi connectivity index (χ0n) is 21.1. The van der Waals surface area contributed by atoms with E-state index in [-0.39, 0.29) is 16.9 Å². The summed E-state index contributed by atoms with van der Waals surface area (Å²) in [5.41, 5.74) is 4.21. The number of hydrogen-bond acceptors (Lipinski definition) is 3. The summed E-state index contributed by atoms with van der Waals surface area (Å²) in [5.74, 6) is 4.85. The summed E-state index contributed by atoms with van der Waals surface area (Å²) in [6.45, 7) is 6.47. The predicted molar refractivity (Wildman–Crippen MR) is 136 cm³/mol. The van der Waals surface area contributed by atoms with Crippen LogP contribution in [-0.2, 0) is 4.79 Å². The van der Waals surface area contributed by atoms with E-state index in [4.69, 9.17) is 0 Å². The standard InChI is InChI=1S/C27H37NO2.C3H4/c1-26-14-13-20(29)15-18(26)7-10-21-23-11-12-24(30)27(23,2)16-22(25(21)26)17-5-8-19(9-6-17)28(3)4;1-3-2/h5-6,8-9,15,21-25,30H,7,10-14,16H2,1-4H3;1H,2H3. The van der Waals surface area contributed by atoms with E-state index in [0.717, 1.165) is 25.7 Å². The van der Waals surface area contributed by atoms with E-state index >= 15 is 0 Å². The summed E-state index contributed by atoms with van der Waals surface area (Å²) in [6, 6.07) is 9.15. The lowest BCUT2D eigenvalue weighted by Gasteiger charge is -2.61. The predicted octanol–water partition coefficient (Wildman–Crippen LogP) is 5.98. The van der Waals surface area contributed by atoms with Gasteiger partial charge in [0, 0.05) is 26.2 Å². The minimum Gasteiger partial charge on any atom is -0.393 e. The lowest BCUT2D eigenvalue weighted by molar-refractivity contribution is -0.118. The van der Waals surface area contributed by atoms with E-state index in [9.17, 15) is 9.90 Å². The normalized spacial score (nSPS) is 39.1. The molecule has 33 heavy (non-hydrogen) atoms. The van der Waals surface area contributed by atoms with Gasteiger partial charge >= 0.3 is 0 Å². The number of benzene rings is 1. The summed E-state index contributed by atoms with van der Waals surface area (Å²) in [6.07, 6.45) is 13.5. The van der Waals surface area contributed by atoms with Crippen LogP contribution in [0.4, 0.5) is 5.69 Å². The molecule has 0 aliphatic heterocycles. The molecule has 0 heterocycles.